The second kappa shape index (κ2) is 5.01. The monoisotopic (exact) mass is 217 g/mol. The van der Waals surface area contributed by atoms with Gasteiger partial charge in [-0.25, -0.2) is 0 Å². The molecule has 0 amide bonds. The molecule has 2 atom stereocenters. The average molecular weight is 217 g/mol. The van der Waals surface area contributed by atoms with Crippen LogP contribution in [-0.2, 0) is 6.42 Å². The van der Waals surface area contributed by atoms with Gasteiger partial charge in [-0.05, 0) is 42.3 Å². The van der Waals surface area contributed by atoms with Crippen LogP contribution in [0.25, 0.3) is 0 Å². The summed E-state index contributed by atoms with van der Waals surface area (Å²) in [5.74, 6) is 1.50. The fourth-order valence-corrected chi connectivity index (χ4v) is 2.64. The maximum absolute atomic E-state index is 3.72. The molecule has 1 heterocycles. The van der Waals surface area contributed by atoms with Crippen LogP contribution in [0.5, 0.6) is 0 Å². The molecular weight excluding hydrogens is 194 g/mol. The molecule has 2 rings (SSSR count). The molecular formula is C15H23N. The smallest absolute Gasteiger partial charge is 0.0325 e. The van der Waals surface area contributed by atoms with Gasteiger partial charge in [-0.15, -0.1) is 0 Å². The number of nitrogens with one attached hydrogen (secondary N) is 1. The van der Waals surface area contributed by atoms with Gasteiger partial charge in [0.25, 0.3) is 0 Å². The van der Waals surface area contributed by atoms with E-state index in [0.29, 0.717) is 6.04 Å². The zero-order chi connectivity index (χ0) is 11.5. The van der Waals surface area contributed by atoms with E-state index in [1.165, 1.54) is 18.4 Å². The van der Waals surface area contributed by atoms with Crippen molar-refractivity contribution in [2.24, 2.45) is 11.8 Å². The molecule has 1 heteroatoms. The molecule has 0 saturated carbocycles. The summed E-state index contributed by atoms with van der Waals surface area (Å²) in [4.78, 5) is 0. The Bertz CT molecular complexity index is 343. The third-order valence-corrected chi connectivity index (χ3v) is 3.42. The zero-order valence-electron chi connectivity index (χ0n) is 10.7. The van der Waals surface area contributed by atoms with Crippen LogP contribution in [0.4, 0.5) is 0 Å². The normalized spacial score (nSPS) is 25.2. The van der Waals surface area contributed by atoms with Crippen LogP contribution in [0.3, 0.4) is 0 Å². The van der Waals surface area contributed by atoms with Crippen molar-refractivity contribution >= 4 is 0 Å². The lowest BCUT2D eigenvalue weighted by atomic mass is 9.92. The highest BCUT2D eigenvalue weighted by atomic mass is 14.9. The number of benzene rings is 1. The molecule has 0 spiro atoms. The Kier molecular flexibility index (Phi) is 3.65. The first-order valence-electron chi connectivity index (χ1n) is 6.48. The fraction of sp³-hybridized carbons (Fsp3) is 0.600. The maximum Gasteiger partial charge on any atom is 0.0325 e. The molecule has 1 aromatic rings. The fourth-order valence-electron chi connectivity index (χ4n) is 2.64. The highest BCUT2D eigenvalue weighted by molar-refractivity contribution is 5.31. The molecule has 1 N–H and O–H groups in total. The summed E-state index contributed by atoms with van der Waals surface area (Å²) in [6.07, 6.45) is 2.46. The quantitative estimate of drug-likeness (QED) is 0.798. The van der Waals surface area contributed by atoms with Gasteiger partial charge in [0.2, 0.25) is 0 Å². The van der Waals surface area contributed by atoms with Gasteiger partial charge in [0.15, 0.2) is 0 Å². The molecule has 1 aliphatic heterocycles. The summed E-state index contributed by atoms with van der Waals surface area (Å²) in [5, 5.41) is 3.72. The van der Waals surface area contributed by atoms with Crippen molar-refractivity contribution in [3.63, 3.8) is 0 Å². The number of hydrogen-bond acceptors (Lipinski definition) is 1. The van der Waals surface area contributed by atoms with Gasteiger partial charge in [-0.2, -0.15) is 0 Å². The lowest BCUT2D eigenvalue weighted by molar-refractivity contribution is 0.412. The summed E-state index contributed by atoms with van der Waals surface area (Å²) in [6, 6.07) is 9.49. The Labute approximate surface area is 99.3 Å². The van der Waals surface area contributed by atoms with Crippen LogP contribution in [-0.4, -0.2) is 6.54 Å². The van der Waals surface area contributed by atoms with Gasteiger partial charge in [0.05, 0.1) is 0 Å². The first-order chi connectivity index (χ1) is 7.66. The van der Waals surface area contributed by atoms with E-state index in [-0.39, 0.29) is 0 Å². The van der Waals surface area contributed by atoms with E-state index in [1.807, 2.05) is 0 Å². The van der Waals surface area contributed by atoms with Crippen LogP contribution in [0, 0.1) is 11.8 Å². The van der Waals surface area contributed by atoms with Crippen molar-refractivity contribution in [1.29, 1.82) is 0 Å². The Balaban J connectivity index is 2.27. The average Bonchev–Trinajstić information content (AvgIpc) is 2.38. The summed E-state index contributed by atoms with van der Waals surface area (Å²) >= 11 is 0. The first-order valence-corrected chi connectivity index (χ1v) is 6.48. The third kappa shape index (κ3) is 2.65. The molecule has 88 valence electrons. The predicted octanol–water partition coefficient (Wildman–Crippen LogP) is 3.56. The topological polar surface area (TPSA) is 12.0 Å². The third-order valence-electron chi connectivity index (χ3n) is 3.42. The maximum atomic E-state index is 3.72. The molecule has 1 aromatic carbocycles. The lowest BCUT2D eigenvalue weighted by Crippen LogP contribution is -2.25. The molecule has 2 unspecified atom stereocenters. The van der Waals surface area contributed by atoms with E-state index in [0.717, 1.165) is 18.4 Å². The molecule has 0 saturated heterocycles. The molecule has 1 nitrogen and oxygen atoms in total. The largest absolute Gasteiger partial charge is 0.310 e. The number of hydrogen-bond donors (Lipinski definition) is 1. The van der Waals surface area contributed by atoms with Crippen molar-refractivity contribution < 1.29 is 0 Å². The molecule has 0 bridgehead atoms. The van der Waals surface area contributed by atoms with Crippen molar-refractivity contribution in [3.05, 3.63) is 35.4 Å². The van der Waals surface area contributed by atoms with Crippen LogP contribution in [0.2, 0.25) is 0 Å². The molecule has 1 aliphatic rings. The van der Waals surface area contributed by atoms with E-state index in [4.69, 9.17) is 0 Å². The second-order valence-electron chi connectivity index (χ2n) is 5.60. The Hall–Kier alpha value is -0.820. The van der Waals surface area contributed by atoms with Crippen LogP contribution in [0.1, 0.15) is 44.4 Å². The first kappa shape index (κ1) is 11.7. The van der Waals surface area contributed by atoms with Crippen molar-refractivity contribution in [2.45, 2.75) is 39.7 Å². The second-order valence-corrected chi connectivity index (χ2v) is 5.60. The minimum absolute atomic E-state index is 0.557. The minimum atomic E-state index is 0.557. The molecule has 0 fully saturated rings. The molecule has 0 aromatic heterocycles. The van der Waals surface area contributed by atoms with Crippen molar-refractivity contribution in [1.82, 2.24) is 5.32 Å². The summed E-state index contributed by atoms with van der Waals surface area (Å²) < 4.78 is 0. The van der Waals surface area contributed by atoms with Crippen LogP contribution < -0.4 is 5.32 Å². The summed E-state index contributed by atoms with van der Waals surface area (Å²) in [6.45, 7) is 8.09. The summed E-state index contributed by atoms with van der Waals surface area (Å²) in [5.41, 5.74) is 3.08. The van der Waals surface area contributed by atoms with E-state index in [9.17, 15) is 0 Å². The highest BCUT2D eigenvalue weighted by Gasteiger charge is 2.21. The molecule has 0 radical (unpaired) electrons. The van der Waals surface area contributed by atoms with E-state index < -0.39 is 0 Å². The standard InChI is InChI=1S/C15H23N/c1-11(2)8-15-14-7-5-4-6-13(14)9-12(3)10-16-15/h4-7,11-12,15-16H,8-10H2,1-3H3. The van der Waals surface area contributed by atoms with Gasteiger partial charge in [-0.1, -0.05) is 45.0 Å². The predicted molar refractivity (Wildman–Crippen MR) is 69.5 cm³/mol. The van der Waals surface area contributed by atoms with Crippen molar-refractivity contribution in [2.75, 3.05) is 6.54 Å². The van der Waals surface area contributed by atoms with Gasteiger partial charge < -0.3 is 5.32 Å². The molecule has 0 aliphatic carbocycles. The van der Waals surface area contributed by atoms with Crippen molar-refractivity contribution in [3.8, 4) is 0 Å². The molecule has 16 heavy (non-hydrogen) atoms. The Morgan fingerprint density at radius 3 is 2.81 bits per heavy atom. The zero-order valence-corrected chi connectivity index (χ0v) is 10.7. The van der Waals surface area contributed by atoms with E-state index in [2.05, 4.69) is 50.4 Å². The highest BCUT2D eigenvalue weighted by Crippen LogP contribution is 2.28. The van der Waals surface area contributed by atoms with Crippen LogP contribution in [0.15, 0.2) is 24.3 Å². The summed E-state index contributed by atoms with van der Waals surface area (Å²) in [7, 11) is 0. The lowest BCUT2D eigenvalue weighted by Gasteiger charge is -2.20. The van der Waals surface area contributed by atoms with Gasteiger partial charge in [-0.3, -0.25) is 0 Å². The Morgan fingerprint density at radius 1 is 1.31 bits per heavy atom. The van der Waals surface area contributed by atoms with Crippen LogP contribution >= 0.6 is 0 Å². The number of rotatable bonds is 2. The van der Waals surface area contributed by atoms with E-state index in [1.54, 1.807) is 5.56 Å². The minimum Gasteiger partial charge on any atom is -0.310 e. The van der Waals surface area contributed by atoms with Gasteiger partial charge in [0.1, 0.15) is 0 Å². The van der Waals surface area contributed by atoms with Gasteiger partial charge in [0, 0.05) is 6.04 Å². The van der Waals surface area contributed by atoms with Gasteiger partial charge >= 0.3 is 0 Å². The number of fused-ring (bicyclic) bond motifs is 1. The van der Waals surface area contributed by atoms with E-state index >= 15 is 0 Å². The SMILES string of the molecule is CC(C)CC1NCC(C)Cc2ccccc21. The Morgan fingerprint density at radius 2 is 2.06 bits per heavy atom.